The molecular weight excluding hydrogens is 436 g/mol. The van der Waals surface area contributed by atoms with Crippen molar-refractivity contribution in [3.63, 3.8) is 0 Å². The summed E-state index contributed by atoms with van der Waals surface area (Å²) in [4.78, 5) is 16.3. The van der Waals surface area contributed by atoms with Crippen molar-refractivity contribution in [3.05, 3.63) is 83.4 Å². The second-order valence-electron chi connectivity index (χ2n) is 9.83. The van der Waals surface area contributed by atoms with Crippen molar-refractivity contribution in [2.45, 2.75) is 31.3 Å². The summed E-state index contributed by atoms with van der Waals surface area (Å²) in [5, 5.41) is 13.3. The van der Waals surface area contributed by atoms with E-state index in [1.165, 1.54) is 16.3 Å². The Balaban J connectivity index is 1.13. The molecule has 35 heavy (non-hydrogen) atoms. The Kier molecular flexibility index (Phi) is 7.16. The maximum atomic E-state index is 12.3. The largest absolute Gasteiger partial charge is 0.490 e. The number of hydrogen-bond donors (Lipinski definition) is 1. The lowest BCUT2D eigenvalue weighted by molar-refractivity contribution is -0.123. The lowest BCUT2D eigenvalue weighted by atomic mass is 9.88. The number of fused-ring (bicyclic) bond motifs is 1. The maximum Gasteiger partial charge on any atom is 0.249 e. The molecule has 1 atom stereocenters. The Morgan fingerprint density at radius 2 is 1.74 bits per heavy atom. The van der Waals surface area contributed by atoms with Crippen LogP contribution in [-0.2, 0) is 4.79 Å². The van der Waals surface area contributed by atoms with Crippen LogP contribution in [0, 0.1) is 0 Å². The first-order chi connectivity index (χ1) is 17.1. The van der Waals surface area contributed by atoms with Crippen LogP contribution in [0.15, 0.2) is 72.3 Å². The molecule has 2 heterocycles. The quantitative estimate of drug-likeness (QED) is 0.509. The molecule has 5 nitrogen and oxygen atoms in total. The third-order valence-electron chi connectivity index (χ3n) is 7.32. The molecule has 3 aromatic carbocycles. The number of likely N-dealkylation sites (N-methyl/N-ethyl adjacent to an activating group) is 1. The van der Waals surface area contributed by atoms with E-state index in [2.05, 4.69) is 47.4 Å². The van der Waals surface area contributed by atoms with E-state index in [1.54, 1.807) is 4.90 Å². The van der Waals surface area contributed by atoms with Gasteiger partial charge in [-0.25, -0.2) is 0 Å². The van der Waals surface area contributed by atoms with Crippen molar-refractivity contribution in [1.29, 1.82) is 0 Å². The predicted octanol–water partition coefficient (Wildman–Crippen LogP) is 4.70. The van der Waals surface area contributed by atoms with Gasteiger partial charge in [0.05, 0.1) is 0 Å². The molecule has 2 aliphatic heterocycles. The molecule has 2 fully saturated rings. The molecule has 5 rings (SSSR count). The van der Waals surface area contributed by atoms with Crippen LogP contribution < -0.4 is 4.74 Å². The highest BCUT2D eigenvalue weighted by Crippen LogP contribution is 2.30. The molecular formula is C30H34N2O3. The minimum Gasteiger partial charge on any atom is -0.490 e. The van der Waals surface area contributed by atoms with Gasteiger partial charge in [0.1, 0.15) is 18.5 Å². The van der Waals surface area contributed by atoms with Crippen LogP contribution >= 0.6 is 0 Å². The summed E-state index contributed by atoms with van der Waals surface area (Å²) in [6.07, 6.45) is 4.31. The summed E-state index contributed by atoms with van der Waals surface area (Å²) in [5.74, 6) is 1.35. The average Bonchev–Trinajstić information content (AvgIpc) is 3.20. The lowest BCUT2D eigenvalue weighted by Gasteiger charge is -2.33. The van der Waals surface area contributed by atoms with Gasteiger partial charge in [-0.2, -0.15) is 0 Å². The van der Waals surface area contributed by atoms with Crippen LogP contribution in [-0.4, -0.2) is 66.8 Å². The monoisotopic (exact) mass is 470 g/mol. The minimum absolute atomic E-state index is 0.0759. The fourth-order valence-corrected chi connectivity index (χ4v) is 5.24. The Morgan fingerprint density at radius 1 is 1.00 bits per heavy atom. The van der Waals surface area contributed by atoms with Gasteiger partial charge in [-0.15, -0.1) is 0 Å². The van der Waals surface area contributed by atoms with Crippen molar-refractivity contribution in [2.75, 3.05) is 39.8 Å². The number of aliphatic hydroxyl groups excluding tert-OH is 1. The van der Waals surface area contributed by atoms with Crippen LogP contribution in [0.3, 0.4) is 0 Å². The summed E-state index contributed by atoms with van der Waals surface area (Å²) < 4.78 is 6.00. The first kappa shape index (κ1) is 23.6. The summed E-state index contributed by atoms with van der Waals surface area (Å²) in [5.41, 5.74) is 3.11. The third kappa shape index (κ3) is 5.58. The predicted molar refractivity (Wildman–Crippen MR) is 141 cm³/mol. The summed E-state index contributed by atoms with van der Waals surface area (Å²) in [6.45, 7) is 3.55. The highest BCUT2D eigenvalue weighted by molar-refractivity contribution is 6.00. The van der Waals surface area contributed by atoms with E-state index in [1.807, 2.05) is 37.4 Å². The molecule has 1 amide bonds. The first-order valence-electron chi connectivity index (χ1n) is 12.6. The fraction of sp³-hybridized carbons (Fsp3) is 0.367. The maximum absolute atomic E-state index is 12.3. The molecule has 3 aromatic rings. The molecule has 5 heteroatoms. The molecule has 0 aromatic heterocycles. The number of likely N-dealkylation sites (tertiary alicyclic amines) is 2. The Bertz CT molecular complexity index is 1210. The lowest BCUT2D eigenvalue weighted by Crippen LogP contribution is -2.40. The van der Waals surface area contributed by atoms with Gasteiger partial charge in [-0.05, 0) is 66.7 Å². The van der Waals surface area contributed by atoms with Crippen LogP contribution in [0.1, 0.15) is 36.3 Å². The van der Waals surface area contributed by atoms with Crippen LogP contribution in [0.4, 0.5) is 0 Å². The number of hydrogen-bond acceptors (Lipinski definition) is 4. The van der Waals surface area contributed by atoms with Crippen LogP contribution in [0.2, 0.25) is 0 Å². The molecule has 2 aliphatic rings. The van der Waals surface area contributed by atoms with E-state index >= 15 is 0 Å². The van der Waals surface area contributed by atoms with Gasteiger partial charge in [0.15, 0.2) is 0 Å². The van der Waals surface area contributed by atoms with E-state index in [0.717, 1.165) is 50.0 Å². The number of piperidine rings is 1. The molecule has 182 valence electrons. The van der Waals surface area contributed by atoms with Crippen molar-refractivity contribution in [1.82, 2.24) is 9.80 Å². The van der Waals surface area contributed by atoms with E-state index in [0.29, 0.717) is 18.2 Å². The van der Waals surface area contributed by atoms with Crippen molar-refractivity contribution in [2.24, 2.45) is 0 Å². The average molecular weight is 471 g/mol. The molecule has 0 spiro atoms. The van der Waals surface area contributed by atoms with Crippen molar-refractivity contribution >= 4 is 22.8 Å². The molecule has 0 radical (unpaired) electrons. The summed E-state index contributed by atoms with van der Waals surface area (Å²) >= 11 is 0. The summed E-state index contributed by atoms with van der Waals surface area (Å²) in [6, 6.07) is 23.1. The molecule has 0 aliphatic carbocycles. The summed E-state index contributed by atoms with van der Waals surface area (Å²) in [7, 11) is 1.83. The molecule has 0 bridgehead atoms. The molecule has 1 N–H and O–H groups in total. The number of benzene rings is 3. The first-order valence-corrected chi connectivity index (χ1v) is 12.6. The highest BCUT2D eigenvalue weighted by atomic mass is 16.5. The van der Waals surface area contributed by atoms with Crippen molar-refractivity contribution < 1.29 is 14.6 Å². The van der Waals surface area contributed by atoms with E-state index in [9.17, 15) is 9.90 Å². The zero-order valence-corrected chi connectivity index (χ0v) is 20.4. The Hall–Kier alpha value is -3.15. The van der Waals surface area contributed by atoms with Gasteiger partial charge in [-0.3, -0.25) is 4.79 Å². The smallest absolute Gasteiger partial charge is 0.249 e. The number of aliphatic hydroxyl groups is 1. The van der Waals surface area contributed by atoms with Gasteiger partial charge >= 0.3 is 0 Å². The highest BCUT2D eigenvalue weighted by Gasteiger charge is 2.24. The molecule has 2 saturated heterocycles. The number of nitrogens with zero attached hydrogens (tertiary/aromatic N) is 2. The molecule has 1 unspecified atom stereocenters. The number of β-amino-alcohol motifs (C(OH)–C–C–N with tert-alkyl or cyclic N) is 1. The fourth-order valence-electron chi connectivity index (χ4n) is 5.24. The van der Waals surface area contributed by atoms with Crippen molar-refractivity contribution in [3.8, 4) is 5.75 Å². The minimum atomic E-state index is -0.563. The SMILES string of the molecule is CN1CC/C(=C/c2ccccc2OCC(O)CN2CCC(c3ccc4ccccc4c3)CC2)C1=O. The van der Waals surface area contributed by atoms with Crippen LogP contribution in [0.5, 0.6) is 5.75 Å². The Labute approximate surface area is 207 Å². The number of amides is 1. The zero-order chi connectivity index (χ0) is 24.2. The zero-order valence-electron chi connectivity index (χ0n) is 20.4. The van der Waals surface area contributed by atoms with E-state index in [4.69, 9.17) is 4.74 Å². The third-order valence-corrected chi connectivity index (χ3v) is 7.32. The number of carbonyl (C=O) groups excluding carboxylic acids is 1. The van der Waals surface area contributed by atoms with Gasteiger partial charge < -0.3 is 19.6 Å². The van der Waals surface area contributed by atoms with Gasteiger partial charge in [0.25, 0.3) is 0 Å². The van der Waals surface area contributed by atoms with E-state index < -0.39 is 6.10 Å². The van der Waals surface area contributed by atoms with E-state index in [-0.39, 0.29) is 12.5 Å². The second kappa shape index (κ2) is 10.6. The van der Waals surface area contributed by atoms with Gasteiger partial charge in [0, 0.05) is 31.3 Å². The topological polar surface area (TPSA) is 53.0 Å². The standard InChI is InChI=1S/C30H34N2O3/c1-31-15-12-27(30(31)34)19-26-8-4-5-9-29(26)35-21-28(33)20-32-16-13-23(14-17-32)25-11-10-22-6-2-3-7-24(22)18-25/h2-11,18-19,23,28,33H,12-17,20-21H2,1H3/b27-19-. The number of para-hydroxylation sites is 1. The normalized spacial score (nSPS) is 19.5. The second-order valence-corrected chi connectivity index (χ2v) is 9.83. The molecule has 0 saturated carbocycles. The van der Waals surface area contributed by atoms with Gasteiger partial charge in [-0.1, -0.05) is 60.7 Å². The number of carbonyl (C=O) groups is 1. The number of ether oxygens (including phenoxy) is 1. The Morgan fingerprint density at radius 3 is 2.51 bits per heavy atom. The van der Waals surface area contributed by atoms with Crippen LogP contribution in [0.25, 0.3) is 16.8 Å². The number of rotatable bonds is 7. The van der Waals surface area contributed by atoms with Gasteiger partial charge in [0.2, 0.25) is 5.91 Å².